The van der Waals surface area contributed by atoms with Crippen LogP contribution in [0.5, 0.6) is 0 Å². The lowest BCUT2D eigenvalue weighted by atomic mass is 9.99. The van der Waals surface area contributed by atoms with Gasteiger partial charge in [-0.15, -0.1) is 0 Å². The Bertz CT molecular complexity index is 358. The summed E-state index contributed by atoms with van der Waals surface area (Å²) in [5.74, 6) is -1.92. The van der Waals surface area contributed by atoms with Gasteiger partial charge in [0.2, 0.25) is 0 Å². The Morgan fingerprint density at radius 1 is 1.47 bits per heavy atom. The number of rotatable bonds is 4. The fourth-order valence-electron chi connectivity index (χ4n) is 1.97. The Morgan fingerprint density at radius 3 is 2.74 bits per heavy atom. The molecule has 1 rings (SSSR count). The second kappa shape index (κ2) is 6.96. The first-order valence-electron chi connectivity index (χ1n) is 6.40. The number of nitrogens with one attached hydrogen (secondary N) is 1. The number of aliphatic carboxylic acids is 1. The number of ether oxygens (including phenoxy) is 1. The van der Waals surface area contributed by atoms with Gasteiger partial charge in [0.1, 0.15) is 6.04 Å². The SMILES string of the molecule is CCOC(=O)C(C)NC(=O)N1CCCC(C(=O)O)C1. The monoisotopic (exact) mass is 272 g/mol. The van der Waals surface area contributed by atoms with E-state index in [1.165, 1.54) is 11.8 Å². The van der Waals surface area contributed by atoms with Gasteiger partial charge in [-0.05, 0) is 26.7 Å². The first-order chi connectivity index (χ1) is 8.95. The maximum atomic E-state index is 11.9. The minimum atomic E-state index is -0.893. The number of nitrogens with zero attached hydrogens (tertiary/aromatic N) is 1. The third-order valence-corrected chi connectivity index (χ3v) is 3.04. The molecule has 0 aromatic heterocycles. The van der Waals surface area contributed by atoms with Crippen LogP contribution in [0, 0.1) is 5.92 Å². The summed E-state index contributed by atoms with van der Waals surface area (Å²) in [7, 11) is 0. The molecule has 0 saturated carbocycles. The van der Waals surface area contributed by atoms with E-state index in [0.717, 1.165) is 0 Å². The molecule has 0 aromatic carbocycles. The number of esters is 1. The normalized spacial score (nSPS) is 20.5. The number of hydrogen-bond donors (Lipinski definition) is 2. The lowest BCUT2D eigenvalue weighted by molar-refractivity contribution is -0.145. The summed E-state index contributed by atoms with van der Waals surface area (Å²) in [5, 5.41) is 11.5. The molecule has 2 N–H and O–H groups in total. The van der Waals surface area contributed by atoms with Crippen LogP contribution in [0.4, 0.5) is 4.79 Å². The van der Waals surface area contributed by atoms with Crippen LogP contribution in [0.25, 0.3) is 0 Å². The molecule has 2 atom stereocenters. The van der Waals surface area contributed by atoms with Crippen LogP contribution >= 0.6 is 0 Å². The summed E-state index contributed by atoms with van der Waals surface area (Å²) in [6, 6.07) is -1.16. The molecule has 1 heterocycles. The third kappa shape index (κ3) is 4.42. The summed E-state index contributed by atoms with van der Waals surface area (Å²) in [4.78, 5) is 35.6. The Labute approximate surface area is 111 Å². The van der Waals surface area contributed by atoms with Crippen LogP contribution in [-0.2, 0) is 14.3 Å². The van der Waals surface area contributed by atoms with Crippen LogP contribution in [0.2, 0.25) is 0 Å². The van der Waals surface area contributed by atoms with Crippen molar-refractivity contribution >= 4 is 18.0 Å². The molecule has 1 fully saturated rings. The third-order valence-electron chi connectivity index (χ3n) is 3.04. The number of urea groups is 1. The quantitative estimate of drug-likeness (QED) is 0.724. The molecular weight excluding hydrogens is 252 g/mol. The average Bonchev–Trinajstić information content (AvgIpc) is 2.39. The van der Waals surface area contributed by atoms with E-state index >= 15 is 0 Å². The molecule has 0 bridgehead atoms. The molecule has 0 spiro atoms. The fourth-order valence-corrected chi connectivity index (χ4v) is 1.97. The van der Waals surface area contributed by atoms with Crippen LogP contribution in [-0.4, -0.2) is 53.7 Å². The van der Waals surface area contributed by atoms with Gasteiger partial charge in [0.05, 0.1) is 12.5 Å². The van der Waals surface area contributed by atoms with E-state index in [2.05, 4.69) is 5.32 Å². The van der Waals surface area contributed by atoms with Crippen LogP contribution in [0.3, 0.4) is 0 Å². The molecule has 2 amide bonds. The van der Waals surface area contributed by atoms with Crippen molar-refractivity contribution in [2.45, 2.75) is 32.7 Å². The molecule has 0 radical (unpaired) electrons. The second-order valence-corrected chi connectivity index (χ2v) is 4.55. The number of likely N-dealkylation sites (tertiary alicyclic amines) is 1. The fraction of sp³-hybridized carbons (Fsp3) is 0.750. The topological polar surface area (TPSA) is 95.9 Å². The number of carboxylic acids is 1. The zero-order chi connectivity index (χ0) is 14.4. The molecule has 7 nitrogen and oxygen atoms in total. The Hall–Kier alpha value is -1.79. The van der Waals surface area contributed by atoms with Gasteiger partial charge in [-0.2, -0.15) is 0 Å². The summed E-state index contributed by atoms with van der Waals surface area (Å²) >= 11 is 0. The molecule has 1 aliphatic rings. The number of carbonyl (C=O) groups is 3. The predicted molar refractivity (Wildman–Crippen MR) is 66.6 cm³/mol. The number of piperidine rings is 1. The zero-order valence-electron chi connectivity index (χ0n) is 11.2. The lowest BCUT2D eigenvalue weighted by Crippen LogP contribution is -2.51. The van der Waals surface area contributed by atoms with Gasteiger partial charge < -0.3 is 20.1 Å². The summed E-state index contributed by atoms with van der Waals surface area (Å²) in [6.07, 6.45) is 1.23. The van der Waals surface area contributed by atoms with Gasteiger partial charge in [-0.25, -0.2) is 9.59 Å². The Kier molecular flexibility index (Phi) is 5.59. The van der Waals surface area contributed by atoms with E-state index in [-0.39, 0.29) is 13.2 Å². The van der Waals surface area contributed by atoms with E-state index in [0.29, 0.717) is 19.4 Å². The van der Waals surface area contributed by atoms with Crippen molar-refractivity contribution in [2.24, 2.45) is 5.92 Å². The predicted octanol–water partition coefficient (Wildman–Crippen LogP) is 0.444. The lowest BCUT2D eigenvalue weighted by Gasteiger charge is -2.31. The molecule has 2 unspecified atom stereocenters. The van der Waals surface area contributed by atoms with Crippen molar-refractivity contribution in [3.05, 3.63) is 0 Å². The second-order valence-electron chi connectivity index (χ2n) is 4.55. The average molecular weight is 272 g/mol. The van der Waals surface area contributed by atoms with Gasteiger partial charge in [-0.3, -0.25) is 4.79 Å². The van der Waals surface area contributed by atoms with Gasteiger partial charge in [0.25, 0.3) is 0 Å². The highest BCUT2D eigenvalue weighted by molar-refractivity contribution is 5.83. The van der Waals surface area contributed by atoms with E-state index in [1.54, 1.807) is 6.92 Å². The standard InChI is InChI=1S/C12H20N2O5/c1-3-19-11(17)8(2)13-12(18)14-6-4-5-9(7-14)10(15)16/h8-9H,3-7H2,1-2H3,(H,13,18)(H,15,16). The highest BCUT2D eigenvalue weighted by Gasteiger charge is 2.29. The van der Waals surface area contributed by atoms with E-state index in [4.69, 9.17) is 9.84 Å². The molecule has 1 aliphatic heterocycles. The summed E-state index contributed by atoms with van der Waals surface area (Å²) in [5.41, 5.74) is 0. The number of hydrogen-bond acceptors (Lipinski definition) is 4. The minimum Gasteiger partial charge on any atom is -0.481 e. The van der Waals surface area contributed by atoms with E-state index in [1.807, 2.05) is 0 Å². The van der Waals surface area contributed by atoms with E-state index < -0.39 is 29.9 Å². The van der Waals surface area contributed by atoms with Gasteiger partial charge in [0.15, 0.2) is 0 Å². The number of carbonyl (C=O) groups excluding carboxylic acids is 2. The van der Waals surface area contributed by atoms with Crippen molar-refractivity contribution in [2.75, 3.05) is 19.7 Å². The zero-order valence-corrected chi connectivity index (χ0v) is 11.2. The minimum absolute atomic E-state index is 0.177. The van der Waals surface area contributed by atoms with Crippen molar-refractivity contribution in [3.8, 4) is 0 Å². The molecule has 108 valence electrons. The van der Waals surface area contributed by atoms with Crippen molar-refractivity contribution in [1.29, 1.82) is 0 Å². The molecule has 0 aromatic rings. The molecule has 7 heteroatoms. The number of carboxylic acid groups (broad SMARTS) is 1. The first-order valence-corrected chi connectivity index (χ1v) is 6.40. The van der Waals surface area contributed by atoms with Crippen LogP contribution < -0.4 is 5.32 Å². The van der Waals surface area contributed by atoms with Gasteiger partial charge >= 0.3 is 18.0 Å². The summed E-state index contributed by atoms with van der Waals surface area (Å²) < 4.78 is 4.78. The van der Waals surface area contributed by atoms with Gasteiger partial charge in [0, 0.05) is 13.1 Å². The molecule has 0 aliphatic carbocycles. The highest BCUT2D eigenvalue weighted by atomic mass is 16.5. The van der Waals surface area contributed by atoms with Crippen LogP contribution in [0.1, 0.15) is 26.7 Å². The molecule has 19 heavy (non-hydrogen) atoms. The first kappa shape index (κ1) is 15.3. The Morgan fingerprint density at radius 2 is 2.16 bits per heavy atom. The van der Waals surface area contributed by atoms with Gasteiger partial charge in [-0.1, -0.05) is 0 Å². The highest BCUT2D eigenvalue weighted by Crippen LogP contribution is 2.16. The van der Waals surface area contributed by atoms with Crippen LogP contribution in [0.15, 0.2) is 0 Å². The Balaban J connectivity index is 2.48. The van der Waals surface area contributed by atoms with Crippen molar-refractivity contribution < 1.29 is 24.2 Å². The van der Waals surface area contributed by atoms with Crippen molar-refractivity contribution in [3.63, 3.8) is 0 Å². The smallest absolute Gasteiger partial charge is 0.328 e. The maximum absolute atomic E-state index is 11.9. The number of amides is 2. The largest absolute Gasteiger partial charge is 0.481 e. The van der Waals surface area contributed by atoms with Crippen molar-refractivity contribution in [1.82, 2.24) is 10.2 Å². The maximum Gasteiger partial charge on any atom is 0.328 e. The van der Waals surface area contributed by atoms with E-state index in [9.17, 15) is 14.4 Å². The molecular formula is C12H20N2O5. The summed E-state index contributed by atoms with van der Waals surface area (Å²) in [6.45, 7) is 4.16. The molecule has 1 saturated heterocycles.